The van der Waals surface area contributed by atoms with Crippen LogP contribution in [0.15, 0.2) is 53.4 Å². The zero-order valence-electron chi connectivity index (χ0n) is 16.0. The Morgan fingerprint density at radius 2 is 1.79 bits per heavy atom. The largest absolute Gasteiger partial charge is 0.381 e. The fourth-order valence-corrected chi connectivity index (χ4v) is 4.09. The highest BCUT2D eigenvalue weighted by Gasteiger charge is 2.16. The first-order chi connectivity index (χ1) is 13.7. The SMILES string of the molecule is Cc1c(CNc2ccc(S(C)(=O)=O)cc2)cc(CCF)n1-c1ccc(F)cc1Cl. The Hall–Kier alpha value is -2.38. The van der Waals surface area contributed by atoms with Crippen molar-refractivity contribution in [1.82, 2.24) is 4.57 Å². The van der Waals surface area contributed by atoms with E-state index in [1.54, 1.807) is 30.3 Å². The van der Waals surface area contributed by atoms with Crippen molar-refractivity contribution >= 4 is 27.1 Å². The first kappa shape index (κ1) is 21.3. The van der Waals surface area contributed by atoms with Crippen LogP contribution >= 0.6 is 11.6 Å². The van der Waals surface area contributed by atoms with Crippen molar-refractivity contribution in [1.29, 1.82) is 0 Å². The van der Waals surface area contributed by atoms with Crippen LogP contribution in [0.25, 0.3) is 5.69 Å². The van der Waals surface area contributed by atoms with E-state index in [1.807, 2.05) is 17.6 Å². The maximum atomic E-state index is 13.4. The number of alkyl halides is 1. The molecule has 0 aliphatic rings. The third-order valence-corrected chi connectivity index (χ3v) is 6.13. The molecule has 0 unspecified atom stereocenters. The summed E-state index contributed by atoms with van der Waals surface area (Å²) in [6.45, 7) is 1.82. The third-order valence-electron chi connectivity index (χ3n) is 4.69. The second-order valence-corrected chi connectivity index (χ2v) is 9.19. The number of benzene rings is 2. The van der Waals surface area contributed by atoms with E-state index in [9.17, 15) is 17.2 Å². The number of sulfone groups is 1. The van der Waals surface area contributed by atoms with E-state index in [1.165, 1.54) is 12.1 Å². The summed E-state index contributed by atoms with van der Waals surface area (Å²) >= 11 is 6.22. The van der Waals surface area contributed by atoms with Gasteiger partial charge in [-0.25, -0.2) is 12.8 Å². The molecule has 2 aromatic carbocycles. The van der Waals surface area contributed by atoms with E-state index in [0.29, 0.717) is 12.2 Å². The van der Waals surface area contributed by atoms with Crippen LogP contribution in [0.3, 0.4) is 0 Å². The Bertz CT molecular complexity index is 1130. The Morgan fingerprint density at radius 3 is 2.38 bits per heavy atom. The maximum Gasteiger partial charge on any atom is 0.175 e. The number of aromatic nitrogens is 1. The minimum absolute atomic E-state index is 0.206. The van der Waals surface area contributed by atoms with Crippen LogP contribution < -0.4 is 5.32 Å². The molecule has 0 aliphatic heterocycles. The molecule has 1 heterocycles. The third kappa shape index (κ3) is 4.79. The molecular weight excluding hydrogens is 418 g/mol. The van der Waals surface area contributed by atoms with Gasteiger partial charge in [0.25, 0.3) is 0 Å². The monoisotopic (exact) mass is 438 g/mol. The molecule has 1 aromatic heterocycles. The van der Waals surface area contributed by atoms with Crippen LogP contribution in [0.5, 0.6) is 0 Å². The molecule has 0 atom stereocenters. The molecule has 4 nitrogen and oxygen atoms in total. The van der Waals surface area contributed by atoms with Gasteiger partial charge in [0.1, 0.15) is 5.82 Å². The highest BCUT2D eigenvalue weighted by atomic mass is 35.5. The molecule has 0 fully saturated rings. The number of anilines is 1. The van der Waals surface area contributed by atoms with Crippen molar-refractivity contribution in [2.75, 3.05) is 18.2 Å². The summed E-state index contributed by atoms with van der Waals surface area (Å²) in [7, 11) is -3.25. The lowest BCUT2D eigenvalue weighted by atomic mass is 10.2. The van der Waals surface area contributed by atoms with Gasteiger partial charge in [-0.05, 0) is 61.0 Å². The van der Waals surface area contributed by atoms with E-state index >= 15 is 0 Å². The van der Waals surface area contributed by atoms with Crippen LogP contribution in [-0.4, -0.2) is 25.9 Å². The molecule has 0 saturated carbocycles. The van der Waals surface area contributed by atoms with Crippen LogP contribution in [0.1, 0.15) is 17.0 Å². The minimum Gasteiger partial charge on any atom is -0.381 e. The van der Waals surface area contributed by atoms with Gasteiger partial charge >= 0.3 is 0 Å². The lowest BCUT2D eigenvalue weighted by Crippen LogP contribution is -2.05. The highest BCUT2D eigenvalue weighted by molar-refractivity contribution is 7.90. The van der Waals surface area contributed by atoms with Crippen molar-refractivity contribution in [2.45, 2.75) is 24.8 Å². The molecule has 0 saturated heterocycles. The zero-order chi connectivity index (χ0) is 21.2. The predicted octanol–water partition coefficient (Wildman–Crippen LogP) is 5.11. The van der Waals surface area contributed by atoms with Crippen molar-refractivity contribution in [3.05, 3.63) is 76.3 Å². The second-order valence-electron chi connectivity index (χ2n) is 6.77. The molecule has 0 radical (unpaired) electrons. The summed E-state index contributed by atoms with van der Waals surface area (Å²) in [5, 5.41) is 3.49. The molecule has 8 heteroatoms. The van der Waals surface area contributed by atoms with Crippen LogP contribution in [0.2, 0.25) is 5.02 Å². The molecule has 0 spiro atoms. The van der Waals surface area contributed by atoms with Gasteiger partial charge in [0.15, 0.2) is 9.84 Å². The Kier molecular flexibility index (Phi) is 6.29. The number of nitrogens with one attached hydrogen (secondary N) is 1. The summed E-state index contributed by atoms with van der Waals surface area (Å²) in [5.74, 6) is -0.435. The quantitative estimate of drug-likeness (QED) is 0.558. The van der Waals surface area contributed by atoms with E-state index in [0.717, 1.165) is 28.9 Å². The topological polar surface area (TPSA) is 51.1 Å². The van der Waals surface area contributed by atoms with Gasteiger partial charge in [0, 0.05) is 36.3 Å². The Labute approximate surface area is 174 Å². The summed E-state index contributed by atoms with van der Waals surface area (Å²) in [6, 6.07) is 12.5. The smallest absolute Gasteiger partial charge is 0.175 e. The number of aryl methyl sites for hydroxylation is 1. The van der Waals surface area contributed by atoms with Crippen molar-refractivity contribution < 1.29 is 17.2 Å². The molecule has 154 valence electrons. The minimum atomic E-state index is -3.25. The Morgan fingerprint density at radius 1 is 1.10 bits per heavy atom. The van der Waals surface area contributed by atoms with Crippen molar-refractivity contribution in [3.8, 4) is 5.69 Å². The maximum absolute atomic E-state index is 13.4. The van der Waals surface area contributed by atoms with E-state index in [2.05, 4.69) is 5.32 Å². The number of halogens is 3. The molecular formula is C21H21ClF2N2O2S. The van der Waals surface area contributed by atoms with Gasteiger partial charge in [-0.3, -0.25) is 4.39 Å². The van der Waals surface area contributed by atoms with E-state index < -0.39 is 22.3 Å². The molecule has 3 aromatic rings. The summed E-state index contributed by atoms with van der Waals surface area (Å²) in [5.41, 5.74) is 3.89. The Balaban J connectivity index is 1.88. The summed E-state index contributed by atoms with van der Waals surface area (Å²) in [4.78, 5) is 0.251. The van der Waals surface area contributed by atoms with E-state index in [4.69, 9.17) is 11.6 Å². The lowest BCUT2D eigenvalue weighted by molar-refractivity contribution is 0.489. The van der Waals surface area contributed by atoms with Crippen molar-refractivity contribution in [3.63, 3.8) is 0 Å². The normalized spacial score (nSPS) is 11.6. The zero-order valence-corrected chi connectivity index (χ0v) is 17.6. The molecule has 0 amide bonds. The molecule has 3 rings (SSSR count). The number of nitrogens with zero attached hydrogens (tertiary/aromatic N) is 1. The number of hydrogen-bond acceptors (Lipinski definition) is 3. The molecule has 0 aliphatic carbocycles. The first-order valence-electron chi connectivity index (χ1n) is 8.96. The number of hydrogen-bond donors (Lipinski definition) is 1. The van der Waals surface area contributed by atoms with Gasteiger partial charge in [-0.2, -0.15) is 0 Å². The fraction of sp³-hybridized carbons (Fsp3) is 0.238. The highest BCUT2D eigenvalue weighted by Crippen LogP contribution is 2.28. The van der Waals surface area contributed by atoms with Gasteiger partial charge in [0.05, 0.1) is 22.3 Å². The average molecular weight is 439 g/mol. The summed E-state index contributed by atoms with van der Waals surface area (Å²) in [6.07, 6.45) is 1.37. The van der Waals surface area contributed by atoms with Gasteiger partial charge < -0.3 is 9.88 Å². The van der Waals surface area contributed by atoms with Crippen LogP contribution in [0, 0.1) is 12.7 Å². The molecule has 29 heavy (non-hydrogen) atoms. The van der Waals surface area contributed by atoms with Crippen LogP contribution in [-0.2, 0) is 22.8 Å². The van der Waals surface area contributed by atoms with Gasteiger partial charge in [0.2, 0.25) is 0 Å². The van der Waals surface area contributed by atoms with E-state index in [-0.39, 0.29) is 16.3 Å². The van der Waals surface area contributed by atoms with Gasteiger partial charge in [-0.1, -0.05) is 11.6 Å². The predicted molar refractivity (Wildman–Crippen MR) is 112 cm³/mol. The average Bonchev–Trinajstić information content (AvgIpc) is 2.95. The van der Waals surface area contributed by atoms with Gasteiger partial charge in [-0.15, -0.1) is 0 Å². The fourth-order valence-electron chi connectivity index (χ4n) is 3.20. The standard InChI is InChI=1S/C21H21ClF2N2O2S/c1-14-15(13-25-17-4-6-19(7-5-17)29(2,27)28)11-18(9-10-23)26(14)21-8-3-16(24)12-20(21)22/h3-8,11-12,25H,9-10,13H2,1-2H3. The molecule has 1 N–H and O–H groups in total. The second kappa shape index (κ2) is 8.55. The number of rotatable bonds is 7. The summed E-state index contributed by atoms with van der Waals surface area (Å²) < 4.78 is 51.5. The molecule has 0 bridgehead atoms. The van der Waals surface area contributed by atoms with Crippen LogP contribution in [0.4, 0.5) is 14.5 Å². The lowest BCUT2D eigenvalue weighted by Gasteiger charge is -2.13. The van der Waals surface area contributed by atoms with Crippen molar-refractivity contribution in [2.24, 2.45) is 0 Å². The first-order valence-corrected chi connectivity index (χ1v) is 11.2.